The number of rotatable bonds is 8. The third-order valence-corrected chi connectivity index (χ3v) is 7.94. The highest BCUT2D eigenvalue weighted by Gasteiger charge is 2.30. The van der Waals surface area contributed by atoms with Crippen molar-refractivity contribution < 1.29 is 9.53 Å². The molecule has 200 valence electrons. The molecule has 38 heavy (non-hydrogen) atoms. The molecule has 1 aliphatic heterocycles. The van der Waals surface area contributed by atoms with Crippen molar-refractivity contribution in [2.75, 3.05) is 39.0 Å². The lowest BCUT2D eigenvalue weighted by molar-refractivity contribution is 0.0272. The summed E-state index contributed by atoms with van der Waals surface area (Å²) >= 11 is 0. The molecule has 3 aromatic rings. The number of piperazine rings is 1. The highest BCUT2D eigenvalue weighted by molar-refractivity contribution is 5.98. The number of nitrogens with two attached hydrogens (primary N) is 1. The SMILES string of the molecule is Cc1cc(-c2ccc(CO[C@H]3CCC[C@@H]3NC(=O)c3cccnc3N)cc2)ccc1CN1CCN(C)CC1. The van der Waals surface area contributed by atoms with Crippen LogP contribution in [0.3, 0.4) is 0 Å². The first kappa shape index (κ1) is 26.4. The number of aryl methyl sites for hydroxylation is 1. The zero-order valence-corrected chi connectivity index (χ0v) is 22.5. The number of benzene rings is 2. The van der Waals surface area contributed by atoms with Crippen LogP contribution >= 0.6 is 0 Å². The first-order valence-corrected chi connectivity index (χ1v) is 13.7. The Morgan fingerprint density at radius 1 is 1.05 bits per heavy atom. The molecule has 0 unspecified atom stereocenters. The summed E-state index contributed by atoms with van der Waals surface area (Å²) in [6.07, 6.45) is 4.45. The molecule has 1 saturated heterocycles. The third-order valence-electron chi connectivity index (χ3n) is 7.94. The van der Waals surface area contributed by atoms with E-state index in [4.69, 9.17) is 10.5 Å². The van der Waals surface area contributed by atoms with Crippen molar-refractivity contribution in [2.24, 2.45) is 0 Å². The van der Waals surface area contributed by atoms with E-state index in [1.165, 1.54) is 22.3 Å². The molecular weight excluding hydrogens is 474 g/mol. The summed E-state index contributed by atoms with van der Waals surface area (Å²) in [7, 11) is 2.20. The van der Waals surface area contributed by atoms with Crippen LogP contribution in [-0.4, -0.2) is 66.1 Å². The minimum atomic E-state index is -0.190. The zero-order chi connectivity index (χ0) is 26.5. The van der Waals surface area contributed by atoms with E-state index in [0.717, 1.165) is 57.5 Å². The first-order valence-electron chi connectivity index (χ1n) is 13.7. The van der Waals surface area contributed by atoms with Gasteiger partial charge in [-0.15, -0.1) is 0 Å². The summed E-state index contributed by atoms with van der Waals surface area (Å²) in [6.45, 7) is 8.32. The summed E-state index contributed by atoms with van der Waals surface area (Å²) in [5.74, 6) is 0.0608. The molecule has 5 rings (SSSR count). The summed E-state index contributed by atoms with van der Waals surface area (Å²) in [5.41, 5.74) is 12.6. The van der Waals surface area contributed by atoms with Crippen molar-refractivity contribution in [3.05, 3.63) is 83.0 Å². The summed E-state index contributed by atoms with van der Waals surface area (Å²) in [6, 6.07) is 18.9. The molecule has 0 radical (unpaired) electrons. The highest BCUT2D eigenvalue weighted by Crippen LogP contribution is 2.26. The Hall–Kier alpha value is -3.26. The zero-order valence-electron chi connectivity index (χ0n) is 22.5. The maximum absolute atomic E-state index is 12.7. The molecule has 1 saturated carbocycles. The number of nitrogens with one attached hydrogen (secondary N) is 1. The predicted molar refractivity (Wildman–Crippen MR) is 152 cm³/mol. The number of anilines is 1. The van der Waals surface area contributed by atoms with Crippen LogP contribution < -0.4 is 11.1 Å². The van der Waals surface area contributed by atoms with Crippen LogP contribution in [0.1, 0.15) is 46.3 Å². The number of hydrogen-bond acceptors (Lipinski definition) is 6. The second kappa shape index (κ2) is 12.1. The van der Waals surface area contributed by atoms with Gasteiger partial charge in [-0.05, 0) is 73.2 Å². The molecule has 3 N–H and O–H groups in total. The van der Waals surface area contributed by atoms with E-state index in [1.807, 2.05) is 0 Å². The fraction of sp³-hybridized carbons (Fsp3) is 0.419. The second-order valence-electron chi connectivity index (χ2n) is 10.7. The predicted octanol–water partition coefficient (Wildman–Crippen LogP) is 4.25. The van der Waals surface area contributed by atoms with Gasteiger partial charge in [-0.3, -0.25) is 9.69 Å². The highest BCUT2D eigenvalue weighted by atomic mass is 16.5. The van der Waals surface area contributed by atoms with Crippen molar-refractivity contribution in [1.29, 1.82) is 0 Å². The van der Waals surface area contributed by atoms with Gasteiger partial charge in [-0.2, -0.15) is 0 Å². The smallest absolute Gasteiger partial charge is 0.255 e. The Morgan fingerprint density at radius 2 is 1.82 bits per heavy atom. The molecule has 2 fully saturated rings. The average molecular weight is 514 g/mol. The normalized spacial score (nSPS) is 20.5. The lowest BCUT2D eigenvalue weighted by Gasteiger charge is -2.32. The van der Waals surface area contributed by atoms with Crippen LogP contribution in [0.2, 0.25) is 0 Å². The van der Waals surface area contributed by atoms with Crippen molar-refractivity contribution in [1.82, 2.24) is 20.1 Å². The van der Waals surface area contributed by atoms with Crippen molar-refractivity contribution in [3.8, 4) is 11.1 Å². The Kier molecular flexibility index (Phi) is 8.37. The van der Waals surface area contributed by atoms with Gasteiger partial charge in [0.25, 0.3) is 5.91 Å². The lowest BCUT2D eigenvalue weighted by atomic mass is 9.98. The topological polar surface area (TPSA) is 83.7 Å². The maximum Gasteiger partial charge on any atom is 0.255 e. The molecule has 1 amide bonds. The molecule has 2 aromatic carbocycles. The molecule has 0 bridgehead atoms. The van der Waals surface area contributed by atoms with Crippen molar-refractivity contribution in [2.45, 2.75) is 51.5 Å². The number of carbonyl (C=O) groups is 1. The number of likely N-dealkylation sites (N-methyl/N-ethyl adjacent to an activating group) is 1. The minimum absolute atomic E-state index is 0.00739. The molecule has 7 nitrogen and oxygen atoms in total. The van der Waals surface area contributed by atoms with E-state index in [9.17, 15) is 4.79 Å². The largest absolute Gasteiger partial charge is 0.383 e. The van der Waals surface area contributed by atoms with Gasteiger partial charge >= 0.3 is 0 Å². The summed E-state index contributed by atoms with van der Waals surface area (Å²) in [4.78, 5) is 21.6. The number of carbonyl (C=O) groups excluding carboxylic acids is 1. The standard InChI is InChI=1S/C31H39N5O2/c1-22-19-25(12-13-26(22)20-36-17-15-35(2)16-18-36)24-10-8-23(9-11-24)21-38-29-7-3-6-28(29)34-31(37)27-5-4-14-33-30(27)32/h4-5,8-14,19,28-29H,3,6-7,15-18,20-21H2,1-2H3,(H2,32,33)(H,34,37)/t28-,29-/m0/s1. The fourth-order valence-electron chi connectivity index (χ4n) is 5.44. The van der Waals surface area contributed by atoms with Gasteiger partial charge < -0.3 is 20.7 Å². The number of aromatic nitrogens is 1. The Balaban J connectivity index is 1.15. The van der Waals surface area contributed by atoms with E-state index in [2.05, 4.69) is 76.5 Å². The van der Waals surface area contributed by atoms with Crippen LogP contribution in [-0.2, 0) is 17.9 Å². The number of pyridine rings is 1. The van der Waals surface area contributed by atoms with E-state index in [1.54, 1.807) is 18.3 Å². The number of hydrogen-bond donors (Lipinski definition) is 2. The molecule has 1 aliphatic carbocycles. The minimum Gasteiger partial charge on any atom is -0.383 e. The quantitative estimate of drug-likeness (QED) is 0.469. The van der Waals surface area contributed by atoms with Gasteiger partial charge in [0.2, 0.25) is 0 Å². The van der Waals surface area contributed by atoms with Crippen molar-refractivity contribution in [3.63, 3.8) is 0 Å². The van der Waals surface area contributed by atoms with Crippen molar-refractivity contribution >= 4 is 11.7 Å². The van der Waals surface area contributed by atoms with E-state index >= 15 is 0 Å². The first-order chi connectivity index (χ1) is 18.5. The van der Waals surface area contributed by atoms with Gasteiger partial charge in [0.15, 0.2) is 0 Å². The number of ether oxygens (including phenoxy) is 1. The van der Waals surface area contributed by atoms with E-state index in [0.29, 0.717) is 12.2 Å². The molecular formula is C31H39N5O2. The Bertz CT molecular complexity index is 1240. The summed E-state index contributed by atoms with van der Waals surface area (Å²) < 4.78 is 6.26. The van der Waals surface area contributed by atoms with E-state index in [-0.39, 0.29) is 23.9 Å². The third kappa shape index (κ3) is 6.41. The molecule has 2 heterocycles. The van der Waals surface area contributed by atoms with Crippen LogP contribution in [0.25, 0.3) is 11.1 Å². The molecule has 2 atom stereocenters. The Labute approximate surface area is 226 Å². The molecule has 2 aliphatic rings. The van der Waals surface area contributed by atoms with Gasteiger partial charge in [-0.1, -0.05) is 42.5 Å². The van der Waals surface area contributed by atoms with Gasteiger partial charge in [0.1, 0.15) is 5.82 Å². The Morgan fingerprint density at radius 3 is 2.55 bits per heavy atom. The van der Waals surface area contributed by atoms with Gasteiger partial charge in [0, 0.05) is 38.9 Å². The van der Waals surface area contributed by atoms with Crippen LogP contribution in [0.4, 0.5) is 5.82 Å². The molecule has 7 heteroatoms. The molecule has 1 aromatic heterocycles. The van der Waals surface area contributed by atoms with Gasteiger partial charge in [-0.25, -0.2) is 4.98 Å². The fourth-order valence-corrected chi connectivity index (χ4v) is 5.44. The monoisotopic (exact) mass is 513 g/mol. The lowest BCUT2D eigenvalue weighted by Crippen LogP contribution is -2.43. The second-order valence-corrected chi connectivity index (χ2v) is 10.7. The van der Waals surface area contributed by atoms with Crippen LogP contribution in [0.15, 0.2) is 60.8 Å². The number of nitrogen functional groups attached to an aromatic ring is 1. The average Bonchev–Trinajstić information content (AvgIpc) is 3.37. The van der Waals surface area contributed by atoms with Gasteiger partial charge in [0.05, 0.1) is 24.3 Å². The summed E-state index contributed by atoms with van der Waals surface area (Å²) in [5, 5.41) is 3.10. The van der Waals surface area contributed by atoms with Crippen LogP contribution in [0, 0.1) is 6.92 Å². The maximum atomic E-state index is 12.7. The number of amides is 1. The molecule has 0 spiro atoms. The van der Waals surface area contributed by atoms with Crippen LogP contribution in [0.5, 0.6) is 0 Å². The van der Waals surface area contributed by atoms with E-state index < -0.39 is 0 Å². The number of nitrogens with zero attached hydrogens (tertiary/aromatic N) is 3.